The van der Waals surface area contributed by atoms with Crippen LogP contribution in [0.2, 0.25) is 0 Å². The van der Waals surface area contributed by atoms with Crippen LogP contribution in [0, 0.1) is 0 Å². The molecule has 0 aliphatic carbocycles. The van der Waals surface area contributed by atoms with E-state index in [4.69, 9.17) is 5.11 Å². The van der Waals surface area contributed by atoms with Gasteiger partial charge in [-0.25, -0.2) is 4.79 Å². The van der Waals surface area contributed by atoms with Crippen molar-refractivity contribution in [2.75, 3.05) is 0 Å². The topological polar surface area (TPSA) is 87.6 Å². The van der Waals surface area contributed by atoms with E-state index < -0.39 is 17.8 Å². The zero-order valence-corrected chi connectivity index (χ0v) is 10.8. The third-order valence-corrected chi connectivity index (χ3v) is 3.31. The summed E-state index contributed by atoms with van der Waals surface area (Å²) in [5.41, 5.74) is 0.819. The first-order valence-corrected chi connectivity index (χ1v) is 6.22. The molecule has 1 aliphatic heterocycles. The van der Waals surface area contributed by atoms with Gasteiger partial charge < -0.3 is 5.11 Å². The molecule has 104 valence electrons. The quantitative estimate of drug-likeness (QED) is 0.863. The number of pyridine rings is 1. The van der Waals surface area contributed by atoms with Crippen LogP contribution in [-0.4, -0.2) is 32.8 Å². The number of carboxylic acids is 1. The van der Waals surface area contributed by atoms with Gasteiger partial charge in [-0.2, -0.15) is 0 Å². The van der Waals surface area contributed by atoms with Gasteiger partial charge in [0.15, 0.2) is 0 Å². The average molecular weight is 282 g/mol. The Hall–Kier alpha value is -3.02. The van der Waals surface area contributed by atoms with Gasteiger partial charge in [0.25, 0.3) is 11.8 Å². The van der Waals surface area contributed by atoms with Crippen molar-refractivity contribution in [2.45, 2.75) is 6.54 Å². The fourth-order valence-electron chi connectivity index (χ4n) is 2.29. The van der Waals surface area contributed by atoms with Crippen molar-refractivity contribution in [1.29, 1.82) is 0 Å². The van der Waals surface area contributed by atoms with Crippen molar-refractivity contribution < 1.29 is 19.5 Å². The monoisotopic (exact) mass is 282 g/mol. The first-order chi connectivity index (χ1) is 10.1. The molecular weight excluding hydrogens is 272 g/mol. The lowest BCUT2D eigenvalue weighted by Gasteiger charge is -2.14. The minimum Gasteiger partial charge on any atom is -0.478 e. The van der Waals surface area contributed by atoms with Gasteiger partial charge in [-0.3, -0.25) is 19.5 Å². The third-order valence-electron chi connectivity index (χ3n) is 3.31. The lowest BCUT2D eigenvalue weighted by Crippen LogP contribution is -2.30. The number of nitrogens with zero attached hydrogens (tertiary/aromatic N) is 2. The highest BCUT2D eigenvalue weighted by Crippen LogP contribution is 2.24. The van der Waals surface area contributed by atoms with E-state index in [0.717, 1.165) is 4.90 Å². The standard InChI is InChI=1S/C15H10N2O4/c18-13-9-4-1-2-5-10(9)14(19)17(13)8-12-11(15(20)21)6-3-7-16-12/h1-7H,8H2,(H,20,21). The van der Waals surface area contributed by atoms with Crippen molar-refractivity contribution in [3.63, 3.8) is 0 Å². The zero-order valence-electron chi connectivity index (χ0n) is 10.8. The molecule has 21 heavy (non-hydrogen) atoms. The number of rotatable bonds is 3. The summed E-state index contributed by atoms with van der Waals surface area (Å²) in [6, 6.07) is 9.39. The molecule has 2 aromatic rings. The number of imide groups is 1. The highest BCUT2D eigenvalue weighted by atomic mass is 16.4. The van der Waals surface area contributed by atoms with E-state index >= 15 is 0 Å². The lowest BCUT2D eigenvalue weighted by atomic mass is 10.1. The number of aromatic nitrogens is 1. The Morgan fingerprint density at radius 2 is 1.67 bits per heavy atom. The van der Waals surface area contributed by atoms with Gasteiger partial charge in [-0.05, 0) is 24.3 Å². The van der Waals surface area contributed by atoms with E-state index in [1.54, 1.807) is 24.3 Å². The Kier molecular flexibility index (Phi) is 2.98. The van der Waals surface area contributed by atoms with Crippen LogP contribution in [0.3, 0.4) is 0 Å². The molecule has 1 aromatic carbocycles. The van der Waals surface area contributed by atoms with Gasteiger partial charge in [-0.1, -0.05) is 12.1 Å². The van der Waals surface area contributed by atoms with Crippen LogP contribution in [0.25, 0.3) is 0 Å². The van der Waals surface area contributed by atoms with Crippen LogP contribution in [0.1, 0.15) is 36.8 Å². The van der Waals surface area contributed by atoms with Gasteiger partial charge in [-0.15, -0.1) is 0 Å². The SMILES string of the molecule is O=C(O)c1cccnc1CN1C(=O)c2ccccc2C1=O. The smallest absolute Gasteiger partial charge is 0.337 e. The van der Waals surface area contributed by atoms with E-state index in [9.17, 15) is 14.4 Å². The molecule has 0 atom stereocenters. The Morgan fingerprint density at radius 1 is 1.05 bits per heavy atom. The van der Waals surface area contributed by atoms with Crippen molar-refractivity contribution in [3.05, 3.63) is 65.0 Å². The van der Waals surface area contributed by atoms with Gasteiger partial charge in [0.1, 0.15) is 0 Å². The molecule has 0 unspecified atom stereocenters. The van der Waals surface area contributed by atoms with E-state index in [1.807, 2.05) is 0 Å². The van der Waals surface area contributed by atoms with E-state index in [1.165, 1.54) is 18.3 Å². The van der Waals surface area contributed by atoms with Crippen LogP contribution in [0.4, 0.5) is 0 Å². The maximum absolute atomic E-state index is 12.2. The Morgan fingerprint density at radius 3 is 2.24 bits per heavy atom. The summed E-state index contributed by atoms with van der Waals surface area (Å²) in [6.07, 6.45) is 1.43. The molecule has 0 saturated heterocycles. The van der Waals surface area contributed by atoms with Crippen molar-refractivity contribution in [3.8, 4) is 0 Å². The van der Waals surface area contributed by atoms with Crippen LogP contribution in [-0.2, 0) is 6.54 Å². The van der Waals surface area contributed by atoms with Gasteiger partial charge in [0, 0.05) is 6.20 Å². The number of benzene rings is 1. The first kappa shape index (κ1) is 13.0. The number of carbonyl (C=O) groups excluding carboxylic acids is 2. The molecule has 1 aliphatic rings. The zero-order chi connectivity index (χ0) is 15.0. The summed E-state index contributed by atoms with van der Waals surface area (Å²) in [5, 5.41) is 9.12. The fraction of sp³-hybridized carbons (Fsp3) is 0.0667. The number of hydrogen-bond acceptors (Lipinski definition) is 4. The second-order valence-corrected chi connectivity index (χ2v) is 4.54. The van der Waals surface area contributed by atoms with Gasteiger partial charge >= 0.3 is 5.97 Å². The molecule has 0 saturated carbocycles. The highest BCUT2D eigenvalue weighted by molar-refractivity contribution is 6.21. The molecule has 0 bridgehead atoms. The summed E-state index contributed by atoms with van der Waals surface area (Å²) < 4.78 is 0. The van der Waals surface area contributed by atoms with Crippen LogP contribution < -0.4 is 0 Å². The lowest BCUT2D eigenvalue weighted by molar-refractivity contribution is 0.0625. The summed E-state index contributed by atoms with van der Waals surface area (Å²) in [7, 11) is 0. The maximum Gasteiger partial charge on any atom is 0.337 e. The number of carbonyl (C=O) groups is 3. The second-order valence-electron chi connectivity index (χ2n) is 4.54. The molecule has 0 fully saturated rings. The molecule has 0 radical (unpaired) electrons. The molecule has 6 heteroatoms. The molecule has 1 aromatic heterocycles. The van der Waals surface area contributed by atoms with Gasteiger partial charge in [0.2, 0.25) is 0 Å². The number of hydrogen-bond donors (Lipinski definition) is 1. The normalized spacial score (nSPS) is 13.4. The molecule has 2 amide bonds. The Bertz CT molecular complexity index is 735. The molecular formula is C15H10N2O4. The van der Waals surface area contributed by atoms with Crippen molar-refractivity contribution in [2.24, 2.45) is 0 Å². The molecule has 3 rings (SSSR count). The van der Waals surface area contributed by atoms with Crippen molar-refractivity contribution >= 4 is 17.8 Å². The van der Waals surface area contributed by atoms with E-state index in [0.29, 0.717) is 11.1 Å². The predicted molar refractivity (Wildman–Crippen MR) is 71.8 cm³/mol. The summed E-state index contributed by atoms with van der Waals surface area (Å²) in [4.78, 5) is 40.6. The third kappa shape index (κ3) is 2.06. The molecule has 0 spiro atoms. The summed E-state index contributed by atoms with van der Waals surface area (Å²) >= 11 is 0. The first-order valence-electron chi connectivity index (χ1n) is 6.22. The minimum absolute atomic E-state index is 0.0194. The van der Waals surface area contributed by atoms with Crippen LogP contribution in [0.15, 0.2) is 42.6 Å². The highest BCUT2D eigenvalue weighted by Gasteiger charge is 2.35. The maximum atomic E-state index is 12.2. The van der Waals surface area contributed by atoms with Gasteiger partial charge in [0.05, 0.1) is 28.9 Å². The van der Waals surface area contributed by atoms with E-state index in [-0.39, 0.29) is 17.8 Å². The van der Waals surface area contributed by atoms with Crippen LogP contribution in [0.5, 0.6) is 0 Å². The van der Waals surface area contributed by atoms with E-state index in [2.05, 4.69) is 4.98 Å². The number of aromatic carboxylic acids is 1. The summed E-state index contributed by atoms with van der Waals surface area (Å²) in [6.45, 7) is -0.158. The number of amides is 2. The largest absolute Gasteiger partial charge is 0.478 e. The molecule has 1 N–H and O–H groups in total. The Balaban J connectivity index is 1.96. The Labute approximate surface area is 119 Å². The molecule has 6 nitrogen and oxygen atoms in total. The van der Waals surface area contributed by atoms with Crippen LogP contribution >= 0.6 is 0 Å². The minimum atomic E-state index is -1.14. The van der Waals surface area contributed by atoms with Crippen molar-refractivity contribution in [1.82, 2.24) is 9.88 Å². The second kappa shape index (κ2) is 4.82. The predicted octanol–water partition coefficient (Wildman–Crippen LogP) is 1.58. The molecule has 2 heterocycles. The average Bonchev–Trinajstić information content (AvgIpc) is 2.73. The number of fused-ring (bicyclic) bond motifs is 1. The summed E-state index contributed by atoms with van der Waals surface area (Å²) in [5.74, 6) is -2.01. The fourth-order valence-corrected chi connectivity index (χ4v) is 2.29. The number of carboxylic acid groups (broad SMARTS) is 1.